The smallest absolute Gasteiger partial charge is 0.139 e. The van der Waals surface area contributed by atoms with E-state index in [1.807, 2.05) is 12.4 Å². The second-order valence-corrected chi connectivity index (χ2v) is 5.56. The fourth-order valence-corrected chi connectivity index (χ4v) is 3.28. The lowest BCUT2D eigenvalue weighted by Crippen LogP contribution is -2.36. The summed E-state index contributed by atoms with van der Waals surface area (Å²) in [6.45, 7) is 4.55. The van der Waals surface area contributed by atoms with Gasteiger partial charge in [0.15, 0.2) is 0 Å². The van der Waals surface area contributed by atoms with Crippen LogP contribution in [0.2, 0.25) is 0 Å². The average molecular weight is 254 g/mol. The molecular weight excluding hydrogens is 236 g/mol. The molecule has 4 nitrogen and oxygen atoms in total. The molecule has 3 aromatic heterocycles. The highest BCUT2D eigenvalue weighted by Crippen LogP contribution is 2.31. The van der Waals surface area contributed by atoms with Gasteiger partial charge in [0, 0.05) is 41.9 Å². The SMILES string of the molecule is C[C@H]1CCNC[C@H]1n1ccc2cnc3[nH]ccc3c21. The number of rotatable bonds is 1. The van der Waals surface area contributed by atoms with E-state index >= 15 is 0 Å². The van der Waals surface area contributed by atoms with Gasteiger partial charge in [0.1, 0.15) is 5.65 Å². The summed E-state index contributed by atoms with van der Waals surface area (Å²) < 4.78 is 2.43. The van der Waals surface area contributed by atoms with Gasteiger partial charge < -0.3 is 14.9 Å². The normalized spacial score (nSPS) is 24.3. The summed E-state index contributed by atoms with van der Waals surface area (Å²) in [5.41, 5.74) is 2.29. The second kappa shape index (κ2) is 4.10. The monoisotopic (exact) mass is 254 g/mol. The molecule has 0 aromatic carbocycles. The molecule has 1 fully saturated rings. The van der Waals surface area contributed by atoms with E-state index in [4.69, 9.17) is 0 Å². The molecule has 0 radical (unpaired) electrons. The molecule has 4 rings (SSSR count). The number of hydrogen-bond donors (Lipinski definition) is 2. The molecule has 19 heavy (non-hydrogen) atoms. The summed E-state index contributed by atoms with van der Waals surface area (Å²) in [6.07, 6.45) is 7.39. The summed E-state index contributed by atoms with van der Waals surface area (Å²) in [6, 6.07) is 4.84. The summed E-state index contributed by atoms with van der Waals surface area (Å²) in [5, 5.41) is 5.97. The number of nitrogens with zero attached hydrogens (tertiary/aromatic N) is 2. The largest absolute Gasteiger partial charge is 0.346 e. The molecule has 0 saturated carbocycles. The molecule has 3 aromatic rings. The predicted molar refractivity (Wildman–Crippen MR) is 77.3 cm³/mol. The van der Waals surface area contributed by atoms with E-state index in [0.29, 0.717) is 12.0 Å². The number of nitrogens with one attached hydrogen (secondary N) is 2. The summed E-state index contributed by atoms with van der Waals surface area (Å²) in [5.74, 6) is 0.707. The lowest BCUT2D eigenvalue weighted by atomic mass is 9.94. The Morgan fingerprint density at radius 2 is 2.32 bits per heavy atom. The Balaban J connectivity index is 1.96. The van der Waals surface area contributed by atoms with Crippen LogP contribution in [-0.2, 0) is 0 Å². The molecule has 0 bridgehead atoms. The average Bonchev–Trinajstić information content (AvgIpc) is 3.04. The van der Waals surface area contributed by atoms with Gasteiger partial charge in [-0.25, -0.2) is 4.98 Å². The molecule has 2 N–H and O–H groups in total. The summed E-state index contributed by atoms with van der Waals surface area (Å²) in [4.78, 5) is 7.67. The van der Waals surface area contributed by atoms with Gasteiger partial charge in [0.25, 0.3) is 0 Å². The highest BCUT2D eigenvalue weighted by Gasteiger charge is 2.24. The Kier molecular flexibility index (Phi) is 2.38. The topological polar surface area (TPSA) is 45.6 Å². The number of H-pyrrole nitrogens is 1. The van der Waals surface area contributed by atoms with Crippen LogP contribution in [0.1, 0.15) is 19.4 Å². The first kappa shape index (κ1) is 11.1. The van der Waals surface area contributed by atoms with E-state index in [2.05, 4.69) is 45.1 Å². The zero-order valence-corrected chi connectivity index (χ0v) is 11.1. The van der Waals surface area contributed by atoms with Crippen molar-refractivity contribution in [3.63, 3.8) is 0 Å². The molecular formula is C15H18N4. The van der Waals surface area contributed by atoms with E-state index < -0.39 is 0 Å². The maximum Gasteiger partial charge on any atom is 0.139 e. The third-order valence-corrected chi connectivity index (χ3v) is 4.40. The first-order valence-electron chi connectivity index (χ1n) is 6.98. The quantitative estimate of drug-likeness (QED) is 0.701. The molecule has 1 saturated heterocycles. The van der Waals surface area contributed by atoms with E-state index in [-0.39, 0.29) is 0 Å². The van der Waals surface area contributed by atoms with Gasteiger partial charge in [0.2, 0.25) is 0 Å². The predicted octanol–water partition coefficient (Wildman–Crippen LogP) is 2.69. The molecule has 4 heteroatoms. The van der Waals surface area contributed by atoms with Crippen molar-refractivity contribution in [3.05, 3.63) is 30.7 Å². The number of pyridine rings is 1. The van der Waals surface area contributed by atoms with Crippen molar-refractivity contribution in [3.8, 4) is 0 Å². The Labute approximate surface area is 111 Å². The minimum atomic E-state index is 0.534. The van der Waals surface area contributed by atoms with Crippen LogP contribution in [0, 0.1) is 5.92 Å². The van der Waals surface area contributed by atoms with E-state index in [1.54, 1.807) is 0 Å². The maximum absolute atomic E-state index is 4.46. The van der Waals surface area contributed by atoms with Crippen molar-refractivity contribution in [2.24, 2.45) is 5.92 Å². The molecule has 1 aliphatic rings. The third-order valence-electron chi connectivity index (χ3n) is 4.40. The highest BCUT2D eigenvalue weighted by atomic mass is 15.1. The number of fused-ring (bicyclic) bond motifs is 3. The number of aromatic nitrogens is 3. The molecule has 2 atom stereocenters. The molecule has 0 spiro atoms. The Bertz CT molecular complexity index is 724. The van der Waals surface area contributed by atoms with Crippen molar-refractivity contribution >= 4 is 21.9 Å². The van der Waals surface area contributed by atoms with Crippen LogP contribution in [0.15, 0.2) is 30.7 Å². The molecule has 0 aliphatic carbocycles. The van der Waals surface area contributed by atoms with E-state index in [1.165, 1.54) is 22.7 Å². The minimum Gasteiger partial charge on any atom is -0.346 e. The Hall–Kier alpha value is -1.81. The van der Waals surface area contributed by atoms with Gasteiger partial charge in [0.05, 0.1) is 5.52 Å². The zero-order valence-electron chi connectivity index (χ0n) is 11.1. The van der Waals surface area contributed by atoms with Gasteiger partial charge in [-0.1, -0.05) is 6.92 Å². The van der Waals surface area contributed by atoms with Crippen LogP contribution < -0.4 is 5.32 Å². The van der Waals surface area contributed by atoms with Crippen LogP contribution in [0.4, 0.5) is 0 Å². The van der Waals surface area contributed by atoms with Crippen molar-refractivity contribution in [1.82, 2.24) is 19.9 Å². The van der Waals surface area contributed by atoms with Crippen molar-refractivity contribution in [2.45, 2.75) is 19.4 Å². The third kappa shape index (κ3) is 1.60. The van der Waals surface area contributed by atoms with Crippen LogP contribution in [0.5, 0.6) is 0 Å². The fraction of sp³-hybridized carbons (Fsp3) is 0.400. The summed E-state index contributed by atoms with van der Waals surface area (Å²) >= 11 is 0. The molecule has 1 aliphatic heterocycles. The van der Waals surface area contributed by atoms with Gasteiger partial charge >= 0.3 is 0 Å². The standard InChI is InChI=1S/C15H18N4/c1-10-2-5-16-9-13(10)19-7-4-11-8-18-15-12(14(11)19)3-6-17-15/h3-4,6-8,10,13,16H,2,5,9H2,1H3,(H,17,18)/t10-,13+/m0/s1. The number of hydrogen-bond acceptors (Lipinski definition) is 2. The highest BCUT2D eigenvalue weighted by molar-refractivity contribution is 6.02. The first-order valence-corrected chi connectivity index (χ1v) is 6.98. The van der Waals surface area contributed by atoms with Gasteiger partial charge in [-0.2, -0.15) is 0 Å². The van der Waals surface area contributed by atoms with Crippen LogP contribution in [0.3, 0.4) is 0 Å². The van der Waals surface area contributed by atoms with Crippen LogP contribution in [-0.4, -0.2) is 27.6 Å². The van der Waals surface area contributed by atoms with Crippen molar-refractivity contribution in [1.29, 1.82) is 0 Å². The minimum absolute atomic E-state index is 0.534. The second-order valence-electron chi connectivity index (χ2n) is 5.56. The summed E-state index contributed by atoms with van der Waals surface area (Å²) in [7, 11) is 0. The number of aromatic amines is 1. The number of piperidine rings is 1. The maximum atomic E-state index is 4.46. The van der Waals surface area contributed by atoms with E-state index in [0.717, 1.165) is 18.7 Å². The van der Waals surface area contributed by atoms with Crippen LogP contribution >= 0.6 is 0 Å². The Morgan fingerprint density at radius 3 is 3.21 bits per heavy atom. The van der Waals surface area contributed by atoms with Crippen LogP contribution in [0.25, 0.3) is 21.9 Å². The van der Waals surface area contributed by atoms with Crippen molar-refractivity contribution < 1.29 is 0 Å². The molecule has 0 unspecified atom stereocenters. The Morgan fingerprint density at radius 1 is 1.37 bits per heavy atom. The van der Waals surface area contributed by atoms with E-state index in [9.17, 15) is 0 Å². The molecule has 4 heterocycles. The zero-order chi connectivity index (χ0) is 12.8. The molecule has 98 valence electrons. The van der Waals surface area contributed by atoms with Gasteiger partial charge in [-0.05, 0) is 31.0 Å². The first-order chi connectivity index (χ1) is 9.34. The van der Waals surface area contributed by atoms with Gasteiger partial charge in [-0.15, -0.1) is 0 Å². The van der Waals surface area contributed by atoms with Crippen molar-refractivity contribution in [2.75, 3.05) is 13.1 Å². The molecule has 0 amide bonds. The van der Waals surface area contributed by atoms with Gasteiger partial charge in [-0.3, -0.25) is 0 Å². The fourth-order valence-electron chi connectivity index (χ4n) is 3.28. The lowest BCUT2D eigenvalue weighted by Gasteiger charge is -2.31. The lowest BCUT2D eigenvalue weighted by molar-refractivity contribution is 0.280.